The highest BCUT2D eigenvalue weighted by Crippen LogP contribution is 2.12. The van der Waals surface area contributed by atoms with E-state index in [4.69, 9.17) is 9.63 Å². The van der Waals surface area contributed by atoms with Gasteiger partial charge >= 0.3 is 5.97 Å². The Morgan fingerprint density at radius 3 is 2.43 bits per heavy atom. The third kappa shape index (κ3) is 5.54. The maximum atomic E-state index is 11.9. The number of aliphatic carboxylic acids is 1. The molecule has 9 heteroatoms. The number of carboxylic acid groups (broad SMARTS) is 1. The largest absolute Gasteiger partial charge is 0.480 e. The molecule has 2 N–H and O–H groups in total. The number of carboxylic acids is 1. The molecule has 1 rings (SSSR count). The Bertz CT molecular complexity index is 615. The number of aryl methyl sites for hydroxylation is 2. The number of sulfone groups is 1. The van der Waals surface area contributed by atoms with Crippen molar-refractivity contribution in [3.63, 3.8) is 0 Å². The lowest BCUT2D eigenvalue weighted by Gasteiger charge is -2.13. The van der Waals surface area contributed by atoms with Crippen LogP contribution >= 0.6 is 0 Å². The predicted molar refractivity (Wildman–Crippen MR) is 73.6 cm³/mol. The van der Waals surface area contributed by atoms with Gasteiger partial charge in [-0.1, -0.05) is 5.16 Å². The Hall–Kier alpha value is -1.90. The van der Waals surface area contributed by atoms with Crippen molar-refractivity contribution in [2.24, 2.45) is 0 Å². The van der Waals surface area contributed by atoms with E-state index in [0.717, 1.165) is 6.26 Å². The molecule has 0 aliphatic heterocycles. The Morgan fingerprint density at radius 2 is 2.00 bits per heavy atom. The molecule has 1 aromatic heterocycles. The van der Waals surface area contributed by atoms with E-state index >= 15 is 0 Å². The molecular formula is C12H18N2O6S. The summed E-state index contributed by atoms with van der Waals surface area (Å²) in [5, 5.41) is 15.0. The summed E-state index contributed by atoms with van der Waals surface area (Å²) in [6.45, 7) is 3.33. The SMILES string of the molecule is Cc1noc(C)c1CC(=O)NC(CCS(C)(=O)=O)C(=O)O. The molecular weight excluding hydrogens is 300 g/mol. The van der Waals surface area contributed by atoms with Gasteiger partial charge in [0.1, 0.15) is 21.6 Å². The van der Waals surface area contributed by atoms with Gasteiger partial charge in [-0.15, -0.1) is 0 Å². The van der Waals surface area contributed by atoms with Crippen molar-refractivity contribution >= 4 is 21.7 Å². The van der Waals surface area contributed by atoms with Gasteiger partial charge in [0, 0.05) is 11.8 Å². The highest BCUT2D eigenvalue weighted by Gasteiger charge is 2.23. The fourth-order valence-corrected chi connectivity index (χ4v) is 2.41. The Labute approximate surface area is 122 Å². The first-order chi connectivity index (χ1) is 9.60. The summed E-state index contributed by atoms with van der Waals surface area (Å²) in [5.41, 5.74) is 1.16. The Kier molecular flexibility index (Phi) is 5.47. The van der Waals surface area contributed by atoms with Crippen molar-refractivity contribution in [1.29, 1.82) is 0 Å². The summed E-state index contributed by atoms with van der Waals surface area (Å²) in [5.74, 6) is -1.61. The first-order valence-electron chi connectivity index (χ1n) is 6.22. The molecule has 1 amide bonds. The number of carbonyl (C=O) groups is 2. The molecule has 1 aromatic rings. The lowest BCUT2D eigenvalue weighted by molar-refractivity contribution is -0.141. The van der Waals surface area contributed by atoms with Crippen LogP contribution in [0.1, 0.15) is 23.4 Å². The van der Waals surface area contributed by atoms with E-state index in [1.807, 2.05) is 0 Å². The number of rotatable bonds is 7. The Morgan fingerprint density at radius 1 is 1.38 bits per heavy atom. The molecule has 8 nitrogen and oxygen atoms in total. The second kappa shape index (κ2) is 6.70. The topological polar surface area (TPSA) is 127 Å². The minimum atomic E-state index is -3.29. The summed E-state index contributed by atoms with van der Waals surface area (Å²) in [7, 11) is -3.29. The van der Waals surface area contributed by atoms with Gasteiger partial charge in [-0.2, -0.15) is 0 Å². The second-order valence-electron chi connectivity index (χ2n) is 4.86. The molecule has 0 saturated heterocycles. The van der Waals surface area contributed by atoms with Crippen LogP contribution in [0.25, 0.3) is 0 Å². The van der Waals surface area contributed by atoms with E-state index in [1.54, 1.807) is 13.8 Å². The van der Waals surface area contributed by atoms with Crippen LogP contribution in [-0.2, 0) is 25.8 Å². The highest BCUT2D eigenvalue weighted by molar-refractivity contribution is 7.90. The minimum absolute atomic E-state index is 0.0657. The average molecular weight is 318 g/mol. The third-order valence-corrected chi connectivity index (χ3v) is 3.91. The first-order valence-corrected chi connectivity index (χ1v) is 8.28. The van der Waals surface area contributed by atoms with Gasteiger partial charge < -0.3 is 14.9 Å². The lowest BCUT2D eigenvalue weighted by Crippen LogP contribution is -2.42. The van der Waals surface area contributed by atoms with E-state index < -0.39 is 27.8 Å². The zero-order valence-corrected chi connectivity index (χ0v) is 12.9. The summed E-state index contributed by atoms with van der Waals surface area (Å²) in [6, 6.07) is -1.24. The molecule has 0 bridgehead atoms. The molecule has 0 fully saturated rings. The molecule has 118 valence electrons. The van der Waals surface area contributed by atoms with Crippen LogP contribution in [-0.4, -0.2) is 48.6 Å². The molecule has 0 aliphatic carbocycles. The number of aromatic nitrogens is 1. The van der Waals surface area contributed by atoms with Gasteiger partial charge in [-0.3, -0.25) is 4.79 Å². The Balaban J connectivity index is 2.67. The monoisotopic (exact) mass is 318 g/mol. The minimum Gasteiger partial charge on any atom is -0.480 e. The van der Waals surface area contributed by atoms with E-state index in [-0.39, 0.29) is 18.6 Å². The summed E-state index contributed by atoms with van der Waals surface area (Å²) in [6.07, 6.45) is 0.767. The van der Waals surface area contributed by atoms with Gasteiger partial charge in [0.25, 0.3) is 0 Å². The fourth-order valence-electron chi connectivity index (χ4n) is 1.75. The van der Waals surface area contributed by atoms with Crippen molar-refractivity contribution in [3.8, 4) is 0 Å². The summed E-state index contributed by atoms with van der Waals surface area (Å²) in [4.78, 5) is 22.9. The highest BCUT2D eigenvalue weighted by atomic mass is 32.2. The number of hydrogen-bond donors (Lipinski definition) is 2. The maximum Gasteiger partial charge on any atom is 0.326 e. The van der Waals surface area contributed by atoms with Crippen LogP contribution in [0, 0.1) is 13.8 Å². The molecule has 0 spiro atoms. The van der Waals surface area contributed by atoms with Crippen LogP contribution < -0.4 is 5.32 Å². The first kappa shape index (κ1) is 17.2. The predicted octanol–water partition coefficient (Wildman–Crippen LogP) is -0.162. The van der Waals surface area contributed by atoms with Gasteiger partial charge in [-0.05, 0) is 20.3 Å². The van der Waals surface area contributed by atoms with Crippen LogP contribution in [0.5, 0.6) is 0 Å². The number of hydrogen-bond acceptors (Lipinski definition) is 6. The number of amides is 1. The smallest absolute Gasteiger partial charge is 0.326 e. The molecule has 0 aromatic carbocycles. The second-order valence-corrected chi connectivity index (χ2v) is 7.12. The molecule has 1 unspecified atom stereocenters. The molecule has 0 saturated carbocycles. The van der Waals surface area contributed by atoms with Crippen molar-refractivity contribution in [1.82, 2.24) is 10.5 Å². The standard InChI is InChI=1S/C12H18N2O6S/c1-7-9(8(2)20-14-7)6-11(15)13-10(12(16)17)4-5-21(3,18)19/h10H,4-6H2,1-3H3,(H,13,15)(H,16,17). The van der Waals surface area contributed by atoms with Crippen LogP contribution in [0.4, 0.5) is 0 Å². The molecule has 0 radical (unpaired) electrons. The molecule has 1 atom stereocenters. The normalized spacial score (nSPS) is 12.9. The molecule has 21 heavy (non-hydrogen) atoms. The van der Waals surface area contributed by atoms with Crippen molar-refractivity contribution in [2.45, 2.75) is 32.7 Å². The van der Waals surface area contributed by atoms with Gasteiger partial charge in [0.2, 0.25) is 5.91 Å². The van der Waals surface area contributed by atoms with Crippen LogP contribution in [0.3, 0.4) is 0 Å². The van der Waals surface area contributed by atoms with E-state index in [1.165, 1.54) is 0 Å². The van der Waals surface area contributed by atoms with E-state index in [9.17, 15) is 18.0 Å². The number of nitrogens with zero attached hydrogens (tertiary/aromatic N) is 1. The van der Waals surface area contributed by atoms with Gasteiger partial charge in [0.05, 0.1) is 17.9 Å². The third-order valence-electron chi connectivity index (χ3n) is 2.93. The zero-order valence-electron chi connectivity index (χ0n) is 12.0. The average Bonchev–Trinajstić information content (AvgIpc) is 2.64. The zero-order chi connectivity index (χ0) is 16.2. The van der Waals surface area contributed by atoms with Gasteiger partial charge in [-0.25, -0.2) is 13.2 Å². The quantitative estimate of drug-likeness (QED) is 0.715. The number of carbonyl (C=O) groups excluding carboxylic acids is 1. The van der Waals surface area contributed by atoms with Crippen molar-refractivity contribution in [3.05, 3.63) is 17.0 Å². The van der Waals surface area contributed by atoms with Crippen LogP contribution in [0.15, 0.2) is 4.52 Å². The van der Waals surface area contributed by atoms with E-state index in [2.05, 4.69) is 10.5 Å². The van der Waals surface area contributed by atoms with E-state index in [0.29, 0.717) is 17.0 Å². The molecule has 1 heterocycles. The van der Waals surface area contributed by atoms with Crippen molar-refractivity contribution in [2.75, 3.05) is 12.0 Å². The van der Waals surface area contributed by atoms with Gasteiger partial charge in [0.15, 0.2) is 0 Å². The lowest BCUT2D eigenvalue weighted by atomic mass is 10.1. The summed E-state index contributed by atoms with van der Waals surface area (Å²) >= 11 is 0. The fraction of sp³-hybridized carbons (Fsp3) is 0.583. The molecule has 0 aliphatic rings. The summed E-state index contributed by atoms with van der Waals surface area (Å²) < 4.78 is 27.0. The maximum absolute atomic E-state index is 11.9. The van der Waals surface area contributed by atoms with Crippen LogP contribution in [0.2, 0.25) is 0 Å². The number of nitrogens with one attached hydrogen (secondary N) is 1. The van der Waals surface area contributed by atoms with Crippen molar-refractivity contribution < 1.29 is 27.6 Å².